The molecule has 1 aliphatic heterocycles. The second-order valence-electron chi connectivity index (χ2n) is 5.14. The number of nitrogens with zero attached hydrogens (tertiary/aromatic N) is 2. The summed E-state index contributed by atoms with van der Waals surface area (Å²) in [5.41, 5.74) is -5.56. The number of rotatable bonds is 5. The molecule has 0 amide bonds. The summed E-state index contributed by atoms with van der Waals surface area (Å²) >= 11 is -3.27. The molecule has 14 heteroatoms. The minimum Gasteiger partial charge on any atom is -0.478 e. The fourth-order valence-electron chi connectivity index (χ4n) is 2.27. The number of carbonyl (C=O) groups is 1. The Morgan fingerprint density at radius 1 is 1.27 bits per heavy atom. The normalized spacial score (nSPS) is 19.1. The van der Waals surface area contributed by atoms with E-state index in [-0.39, 0.29) is 30.3 Å². The number of sulfone groups is 1. The van der Waals surface area contributed by atoms with Crippen LogP contribution in [0.4, 0.5) is 18.9 Å². The molecular formula is C12H13F3N2O6S3. The lowest BCUT2D eigenvalue weighted by Gasteiger charge is -2.36. The van der Waals surface area contributed by atoms with E-state index in [2.05, 4.69) is 0 Å². The van der Waals surface area contributed by atoms with Gasteiger partial charge in [-0.05, 0) is 30.0 Å². The molecule has 1 aromatic rings. The van der Waals surface area contributed by atoms with E-state index < -0.39 is 54.8 Å². The lowest BCUT2D eigenvalue weighted by Crippen LogP contribution is -2.51. The summed E-state index contributed by atoms with van der Waals surface area (Å²) in [4.78, 5) is 11.0. The van der Waals surface area contributed by atoms with Crippen LogP contribution in [0.15, 0.2) is 23.1 Å². The monoisotopic (exact) mass is 434 g/mol. The zero-order valence-corrected chi connectivity index (χ0v) is 15.3. The smallest absolute Gasteiger partial charge is 0.446 e. The van der Waals surface area contributed by atoms with E-state index >= 15 is 0 Å². The standard InChI is InChI=1S/C12H13F3N2O6S3/c13-12(14,15)24-8-1-2-10(9(7-8)11(18)19)17(25(20)21)16-3-5-26(22,23)6-4-16/h1-2,7H,3-6H2,(H,18,19)(H,20,21). The van der Waals surface area contributed by atoms with Crippen molar-refractivity contribution in [2.24, 2.45) is 0 Å². The number of alkyl halides is 3. The second-order valence-corrected chi connectivity index (χ2v) is 9.39. The van der Waals surface area contributed by atoms with Crippen molar-refractivity contribution in [1.29, 1.82) is 0 Å². The molecule has 1 fully saturated rings. The van der Waals surface area contributed by atoms with Gasteiger partial charge in [0.2, 0.25) is 0 Å². The number of hydrazine groups is 1. The largest absolute Gasteiger partial charge is 0.478 e. The highest BCUT2D eigenvalue weighted by Crippen LogP contribution is 2.39. The lowest BCUT2D eigenvalue weighted by molar-refractivity contribution is -0.0328. The molecule has 26 heavy (non-hydrogen) atoms. The summed E-state index contributed by atoms with van der Waals surface area (Å²) in [6.07, 6.45) is 0. The topological polar surface area (TPSA) is 115 Å². The predicted molar refractivity (Wildman–Crippen MR) is 88.8 cm³/mol. The SMILES string of the molecule is O=C(O)c1cc(SC(F)(F)F)ccc1N(N1CCS(=O)(=O)CC1)S(=O)O. The Balaban J connectivity index is 2.42. The molecule has 1 heterocycles. The van der Waals surface area contributed by atoms with Gasteiger partial charge in [-0.25, -0.2) is 22.4 Å². The van der Waals surface area contributed by atoms with Crippen LogP contribution >= 0.6 is 11.8 Å². The number of aromatic carboxylic acids is 1. The first-order chi connectivity index (χ1) is 11.9. The molecule has 1 unspecified atom stereocenters. The first-order valence-corrected chi connectivity index (χ1v) is 10.6. The molecular weight excluding hydrogens is 421 g/mol. The molecule has 0 spiro atoms. The molecule has 0 saturated carbocycles. The molecule has 0 aromatic heterocycles. The predicted octanol–water partition coefficient (Wildman–Crippen LogP) is 1.59. The van der Waals surface area contributed by atoms with Crippen LogP contribution in [0, 0.1) is 0 Å². The zero-order valence-electron chi connectivity index (χ0n) is 12.8. The van der Waals surface area contributed by atoms with E-state index in [1.54, 1.807) is 0 Å². The third kappa shape index (κ3) is 5.33. The molecule has 2 rings (SSSR count). The molecule has 8 nitrogen and oxygen atoms in total. The summed E-state index contributed by atoms with van der Waals surface area (Å²) < 4.78 is 82.3. The molecule has 1 saturated heterocycles. The van der Waals surface area contributed by atoms with Crippen molar-refractivity contribution in [2.45, 2.75) is 10.4 Å². The highest BCUT2D eigenvalue weighted by molar-refractivity contribution is 8.00. The third-order valence-corrected chi connectivity index (χ3v) is 6.42. The van der Waals surface area contributed by atoms with Crippen molar-refractivity contribution in [3.63, 3.8) is 0 Å². The van der Waals surface area contributed by atoms with E-state index in [0.717, 1.165) is 18.2 Å². The van der Waals surface area contributed by atoms with Crippen LogP contribution in [0.2, 0.25) is 0 Å². The van der Waals surface area contributed by atoms with E-state index in [0.29, 0.717) is 4.41 Å². The van der Waals surface area contributed by atoms with Crippen molar-refractivity contribution in [2.75, 3.05) is 29.0 Å². The first-order valence-electron chi connectivity index (χ1n) is 6.89. The van der Waals surface area contributed by atoms with E-state index in [9.17, 15) is 40.3 Å². The number of anilines is 1. The molecule has 0 bridgehead atoms. The van der Waals surface area contributed by atoms with Gasteiger partial charge in [0, 0.05) is 18.0 Å². The van der Waals surface area contributed by atoms with Crippen LogP contribution in [0.25, 0.3) is 0 Å². The Labute approximate surface area is 153 Å². The van der Waals surface area contributed by atoms with Gasteiger partial charge >= 0.3 is 11.5 Å². The minimum atomic E-state index is -4.63. The maximum absolute atomic E-state index is 12.5. The maximum Gasteiger partial charge on any atom is 0.446 e. The summed E-state index contributed by atoms with van der Waals surface area (Å²) in [6, 6.07) is 2.70. The molecule has 0 radical (unpaired) electrons. The number of benzene rings is 1. The van der Waals surface area contributed by atoms with Gasteiger partial charge in [0.05, 0.1) is 22.8 Å². The zero-order chi connectivity index (χ0) is 19.7. The Morgan fingerprint density at radius 3 is 2.31 bits per heavy atom. The number of hydrogen-bond donors (Lipinski definition) is 2. The van der Waals surface area contributed by atoms with Gasteiger partial charge < -0.3 is 5.11 Å². The second kappa shape index (κ2) is 7.72. The molecule has 1 atom stereocenters. The number of carboxylic acid groups (broad SMARTS) is 1. The summed E-state index contributed by atoms with van der Waals surface area (Å²) in [5.74, 6) is -2.19. The number of hydrogen-bond acceptors (Lipinski definition) is 6. The Morgan fingerprint density at radius 2 is 1.85 bits per heavy atom. The van der Waals surface area contributed by atoms with Gasteiger partial charge in [-0.15, -0.1) is 0 Å². The van der Waals surface area contributed by atoms with Crippen molar-refractivity contribution in [3.05, 3.63) is 23.8 Å². The quantitative estimate of drug-likeness (QED) is 0.530. The van der Waals surface area contributed by atoms with Crippen molar-refractivity contribution < 1.29 is 40.3 Å². The van der Waals surface area contributed by atoms with Crippen LogP contribution in [0.3, 0.4) is 0 Å². The lowest BCUT2D eigenvalue weighted by atomic mass is 10.2. The van der Waals surface area contributed by atoms with Gasteiger partial charge in [0.1, 0.15) is 0 Å². The summed E-state index contributed by atoms with van der Waals surface area (Å²) in [6.45, 7) is -0.320. The van der Waals surface area contributed by atoms with Gasteiger partial charge in [-0.1, -0.05) is 0 Å². The van der Waals surface area contributed by atoms with Crippen LogP contribution in [0.5, 0.6) is 0 Å². The van der Waals surface area contributed by atoms with Crippen molar-refractivity contribution in [3.8, 4) is 0 Å². The molecule has 1 aliphatic rings. The van der Waals surface area contributed by atoms with Crippen LogP contribution in [0.1, 0.15) is 10.4 Å². The molecule has 0 aliphatic carbocycles. The number of carboxylic acids is 1. The fourth-order valence-corrected chi connectivity index (χ4v) is 4.72. The third-order valence-electron chi connectivity index (χ3n) is 3.36. The van der Waals surface area contributed by atoms with E-state index in [4.69, 9.17) is 0 Å². The number of halogens is 3. The maximum atomic E-state index is 12.5. The van der Waals surface area contributed by atoms with Crippen LogP contribution in [-0.2, 0) is 21.1 Å². The van der Waals surface area contributed by atoms with Gasteiger partial charge in [-0.2, -0.15) is 17.6 Å². The highest BCUT2D eigenvalue weighted by Gasteiger charge is 2.33. The van der Waals surface area contributed by atoms with Gasteiger partial charge in [0.25, 0.3) is 11.3 Å². The first kappa shape index (κ1) is 21.0. The van der Waals surface area contributed by atoms with Crippen molar-refractivity contribution >= 4 is 44.5 Å². The van der Waals surface area contributed by atoms with Crippen LogP contribution in [-0.4, -0.2) is 63.4 Å². The average Bonchev–Trinajstić information content (AvgIpc) is 2.48. The van der Waals surface area contributed by atoms with Gasteiger partial charge in [-0.3, -0.25) is 4.55 Å². The average molecular weight is 434 g/mol. The Bertz CT molecular complexity index is 816. The number of thioether (sulfide) groups is 1. The summed E-state index contributed by atoms with van der Waals surface area (Å²) in [5, 5.41) is 10.5. The Hall–Kier alpha value is -1.35. The van der Waals surface area contributed by atoms with Gasteiger partial charge in [0.15, 0.2) is 9.84 Å². The van der Waals surface area contributed by atoms with E-state index in [1.165, 1.54) is 5.01 Å². The van der Waals surface area contributed by atoms with Crippen molar-refractivity contribution in [1.82, 2.24) is 5.01 Å². The Kier molecular flexibility index (Phi) is 6.22. The fraction of sp³-hybridized carbons (Fsp3) is 0.417. The minimum absolute atomic E-state index is 0.160. The molecule has 1 aromatic carbocycles. The molecule has 146 valence electrons. The van der Waals surface area contributed by atoms with Crippen LogP contribution < -0.4 is 4.41 Å². The summed E-state index contributed by atoms with van der Waals surface area (Å²) in [7, 11) is -3.30. The molecule has 2 N–H and O–H groups in total. The van der Waals surface area contributed by atoms with E-state index in [1.807, 2.05) is 0 Å². The highest BCUT2D eigenvalue weighted by atomic mass is 32.2.